The molecule has 1 unspecified atom stereocenters. The topological polar surface area (TPSA) is 102 Å². The van der Waals surface area contributed by atoms with Crippen LogP contribution in [0, 0.1) is 15.9 Å². The van der Waals surface area contributed by atoms with Gasteiger partial charge in [0.25, 0.3) is 11.6 Å². The Kier molecular flexibility index (Phi) is 3.14. The van der Waals surface area contributed by atoms with Gasteiger partial charge in [0.1, 0.15) is 11.4 Å². The van der Waals surface area contributed by atoms with Crippen molar-refractivity contribution in [3.8, 4) is 0 Å². The molecule has 2 aromatic carbocycles. The fourth-order valence-electron chi connectivity index (χ4n) is 2.95. The summed E-state index contributed by atoms with van der Waals surface area (Å²) < 4.78 is 18.9. The second-order valence-electron chi connectivity index (χ2n) is 5.57. The van der Waals surface area contributed by atoms with E-state index in [9.17, 15) is 24.1 Å². The van der Waals surface area contributed by atoms with Crippen molar-refractivity contribution in [2.24, 2.45) is 0 Å². The number of rotatable bonds is 2. The third-order valence-electron chi connectivity index (χ3n) is 4.07. The number of non-ortho nitro benzene ring substituents is 1. The van der Waals surface area contributed by atoms with Crippen LogP contribution < -0.4 is 10.7 Å². The average molecular weight is 340 g/mol. The predicted molar refractivity (Wildman–Crippen MR) is 84.8 cm³/mol. The molecule has 0 bridgehead atoms. The summed E-state index contributed by atoms with van der Waals surface area (Å²) in [6.45, 7) is 0. The van der Waals surface area contributed by atoms with E-state index >= 15 is 0 Å². The maximum atomic E-state index is 13.5. The summed E-state index contributed by atoms with van der Waals surface area (Å²) in [4.78, 5) is 35.3. The molecule has 1 amide bonds. The Bertz CT molecular complexity index is 1120. The summed E-state index contributed by atoms with van der Waals surface area (Å²) >= 11 is 0. The maximum absolute atomic E-state index is 13.5. The molecule has 7 nitrogen and oxygen atoms in total. The van der Waals surface area contributed by atoms with E-state index in [-0.39, 0.29) is 28.0 Å². The van der Waals surface area contributed by atoms with Crippen molar-refractivity contribution in [3.05, 3.63) is 85.5 Å². The minimum absolute atomic E-state index is 0.00526. The van der Waals surface area contributed by atoms with Gasteiger partial charge in [-0.3, -0.25) is 19.7 Å². The van der Waals surface area contributed by atoms with Gasteiger partial charge in [0.15, 0.2) is 5.43 Å². The van der Waals surface area contributed by atoms with Crippen molar-refractivity contribution in [1.82, 2.24) is 5.32 Å². The van der Waals surface area contributed by atoms with Crippen molar-refractivity contribution < 1.29 is 18.5 Å². The van der Waals surface area contributed by atoms with Gasteiger partial charge in [-0.15, -0.1) is 0 Å². The van der Waals surface area contributed by atoms with Crippen LogP contribution in [0.2, 0.25) is 0 Å². The second kappa shape index (κ2) is 5.23. The molecule has 3 aromatic rings. The number of carbonyl (C=O) groups is 1. The first kappa shape index (κ1) is 15.0. The highest BCUT2D eigenvalue weighted by atomic mass is 19.1. The van der Waals surface area contributed by atoms with Gasteiger partial charge in [-0.1, -0.05) is 12.1 Å². The Hall–Kier alpha value is -3.55. The quantitative estimate of drug-likeness (QED) is 0.571. The van der Waals surface area contributed by atoms with Crippen LogP contribution in [0.15, 0.2) is 51.7 Å². The molecule has 0 saturated carbocycles. The van der Waals surface area contributed by atoms with Crippen LogP contribution >= 0.6 is 0 Å². The second-order valence-corrected chi connectivity index (χ2v) is 5.57. The minimum Gasteiger partial charge on any atom is -0.450 e. The van der Waals surface area contributed by atoms with Gasteiger partial charge in [-0.05, 0) is 23.8 Å². The fourth-order valence-corrected chi connectivity index (χ4v) is 2.95. The normalized spacial score (nSPS) is 15.9. The molecule has 1 aromatic heterocycles. The van der Waals surface area contributed by atoms with E-state index in [2.05, 4.69) is 5.32 Å². The minimum atomic E-state index is -0.897. The van der Waals surface area contributed by atoms with Gasteiger partial charge >= 0.3 is 0 Å². The summed E-state index contributed by atoms with van der Waals surface area (Å²) in [5.74, 6) is -1.38. The SMILES string of the molecule is O=C1NC(c2cccc([N+](=O)[O-])c2)c2c1oc1ccc(F)cc1c2=O. The molecular weight excluding hydrogens is 331 g/mol. The summed E-state index contributed by atoms with van der Waals surface area (Å²) in [7, 11) is 0. The van der Waals surface area contributed by atoms with Crippen molar-refractivity contribution in [2.45, 2.75) is 6.04 Å². The third kappa shape index (κ3) is 2.26. The summed E-state index contributed by atoms with van der Waals surface area (Å²) in [5, 5.41) is 13.5. The van der Waals surface area contributed by atoms with Crippen molar-refractivity contribution in [1.29, 1.82) is 0 Å². The third-order valence-corrected chi connectivity index (χ3v) is 4.07. The lowest BCUT2D eigenvalue weighted by Crippen LogP contribution is -2.22. The van der Waals surface area contributed by atoms with Crippen LogP contribution in [0.1, 0.15) is 27.7 Å². The molecule has 0 aliphatic carbocycles. The Morgan fingerprint density at radius 3 is 2.72 bits per heavy atom. The monoisotopic (exact) mass is 340 g/mol. The standard InChI is InChI=1S/C17H9FN2O5/c18-9-4-5-12-11(7-9)15(21)13-14(19-17(22)16(13)25-12)8-2-1-3-10(6-8)20(23)24/h1-7,14H,(H,19,22). The number of fused-ring (bicyclic) bond motifs is 2. The first-order valence-corrected chi connectivity index (χ1v) is 7.27. The fraction of sp³-hybridized carbons (Fsp3) is 0.0588. The van der Waals surface area contributed by atoms with Gasteiger partial charge in [0.2, 0.25) is 5.76 Å². The molecule has 1 N–H and O–H groups in total. The van der Waals surface area contributed by atoms with Crippen molar-refractivity contribution in [3.63, 3.8) is 0 Å². The van der Waals surface area contributed by atoms with Crippen LogP contribution in [-0.4, -0.2) is 10.8 Å². The molecule has 0 fully saturated rings. The van der Waals surface area contributed by atoms with Crippen LogP contribution in [0.4, 0.5) is 10.1 Å². The summed E-state index contributed by atoms with van der Waals surface area (Å²) in [6.07, 6.45) is 0. The lowest BCUT2D eigenvalue weighted by molar-refractivity contribution is -0.384. The largest absolute Gasteiger partial charge is 0.450 e. The molecule has 124 valence electrons. The smallest absolute Gasteiger partial charge is 0.288 e. The van der Waals surface area contributed by atoms with Crippen LogP contribution in [-0.2, 0) is 0 Å². The zero-order valence-electron chi connectivity index (χ0n) is 12.5. The first-order valence-electron chi connectivity index (χ1n) is 7.27. The Morgan fingerprint density at radius 2 is 1.96 bits per heavy atom. The Labute approximate surface area is 138 Å². The lowest BCUT2D eigenvalue weighted by atomic mass is 9.99. The van der Waals surface area contributed by atoms with E-state index < -0.39 is 28.1 Å². The summed E-state index contributed by atoms with van der Waals surface area (Å²) in [6, 6.07) is 8.14. The van der Waals surface area contributed by atoms with Gasteiger partial charge in [0.05, 0.1) is 21.9 Å². The number of benzene rings is 2. The molecule has 1 aliphatic rings. The molecule has 1 aliphatic heterocycles. The number of carbonyl (C=O) groups excluding carboxylic acids is 1. The van der Waals surface area contributed by atoms with E-state index in [0.717, 1.165) is 12.1 Å². The van der Waals surface area contributed by atoms with Crippen LogP contribution in [0.25, 0.3) is 11.0 Å². The zero-order valence-corrected chi connectivity index (χ0v) is 12.5. The van der Waals surface area contributed by atoms with Crippen molar-refractivity contribution >= 4 is 22.6 Å². The molecular formula is C17H9FN2O5. The maximum Gasteiger partial charge on any atom is 0.288 e. The van der Waals surface area contributed by atoms with Gasteiger partial charge in [-0.2, -0.15) is 0 Å². The van der Waals surface area contributed by atoms with Gasteiger partial charge in [-0.25, -0.2) is 4.39 Å². The van der Waals surface area contributed by atoms with Crippen LogP contribution in [0.5, 0.6) is 0 Å². The number of hydrogen-bond donors (Lipinski definition) is 1. The number of nitro groups is 1. The Morgan fingerprint density at radius 1 is 1.16 bits per heavy atom. The first-order chi connectivity index (χ1) is 12.0. The van der Waals surface area contributed by atoms with E-state index in [1.807, 2.05) is 0 Å². The molecule has 1 atom stereocenters. The van der Waals surface area contributed by atoms with E-state index in [1.54, 1.807) is 6.07 Å². The van der Waals surface area contributed by atoms with Crippen molar-refractivity contribution in [2.75, 3.05) is 0 Å². The Balaban J connectivity index is 1.97. The highest BCUT2D eigenvalue weighted by Crippen LogP contribution is 2.32. The molecule has 8 heteroatoms. The molecule has 0 spiro atoms. The number of nitrogens with one attached hydrogen (secondary N) is 1. The zero-order chi connectivity index (χ0) is 17.7. The number of halogens is 1. The summed E-state index contributed by atoms with van der Waals surface area (Å²) in [5.41, 5.74) is -0.241. The predicted octanol–water partition coefficient (Wildman–Crippen LogP) is 2.67. The molecule has 0 radical (unpaired) electrons. The van der Waals surface area contributed by atoms with Gasteiger partial charge in [0, 0.05) is 12.1 Å². The molecule has 0 saturated heterocycles. The number of hydrogen-bond acceptors (Lipinski definition) is 5. The van der Waals surface area contributed by atoms with E-state index in [1.165, 1.54) is 24.3 Å². The van der Waals surface area contributed by atoms with Crippen LogP contribution in [0.3, 0.4) is 0 Å². The molecule has 25 heavy (non-hydrogen) atoms. The van der Waals surface area contributed by atoms with Gasteiger partial charge < -0.3 is 9.73 Å². The number of nitro benzene ring substituents is 1. The van der Waals surface area contributed by atoms with E-state index in [0.29, 0.717) is 5.56 Å². The highest BCUT2D eigenvalue weighted by molar-refractivity contribution is 5.98. The molecule has 2 heterocycles. The number of nitrogens with zero attached hydrogens (tertiary/aromatic N) is 1. The average Bonchev–Trinajstić information content (AvgIpc) is 2.93. The molecule has 4 rings (SSSR count). The lowest BCUT2D eigenvalue weighted by Gasteiger charge is -2.11. The number of amides is 1. The highest BCUT2D eigenvalue weighted by Gasteiger charge is 2.36. The van der Waals surface area contributed by atoms with E-state index in [4.69, 9.17) is 4.42 Å².